The Morgan fingerprint density at radius 3 is 2.24 bits per heavy atom. The highest BCUT2D eigenvalue weighted by Crippen LogP contribution is 2.29. The minimum atomic E-state index is -4.77. The van der Waals surface area contributed by atoms with E-state index in [1.54, 1.807) is 0 Å². The first kappa shape index (κ1) is 15.2. The minimum Gasteiger partial charge on any atom is -0.478 e. The zero-order valence-corrected chi connectivity index (χ0v) is 11.1. The quantitative estimate of drug-likeness (QED) is 0.900. The molecule has 0 amide bonds. The molecule has 0 aliphatic rings. The van der Waals surface area contributed by atoms with Gasteiger partial charge < -0.3 is 9.84 Å². The van der Waals surface area contributed by atoms with E-state index in [0.29, 0.717) is 11.1 Å². The van der Waals surface area contributed by atoms with Crippen LogP contribution in [0.15, 0.2) is 42.5 Å². The number of carbonyl (C=O) groups is 1. The molecule has 2 aromatic rings. The van der Waals surface area contributed by atoms with Crippen molar-refractivity contribution >= 4 is 17.6 Å². The molecule has 0 fully saturated rings. The van der Waals surface area contributed by atoms with Crippen LogP contribution in [0.4, 0.5) is 13.2 Å². The van der Waals surface area contributed by atoms with Crippen LogP contribution in [0.2, 0.25) is 5.02 Å². The fourth-order valence-corrected chi connectivity index (χ4v) is 1.95. The summed E-state index contributed by atoms with van der Waals surface area (Å²) >= 11 is 5.74. The fraction of sp³-hybridized carbons (Fsp3) is 0.0714. The first-order valence-electron chi connectivity index (χ1n) is 5.65. The Bertz CT molecular complexity index is 666. The third-order valence-electron chi connectivity index (χ3n) is 2.61. The van der Waals surface area contributed by atoms with Crippen LogP contribution in [0.1, 0.15) is 10.4 Å². The molecule has 7 heteroatoms. The third kappa shape index (κ3) is 3.88. The third-order valence-corrected chi connectivity index (χ3v) is 2.85. The average molecular weight is 317 g/mol. The zero-order valence-electron chi connectivity index (χ0n) is 10.3. The summed E-state index contributed by atoms with van der Waals surface area (Å²) < 4.78 is 39.9. The molecule has 0 aromatic heterocycles. The summed E-state index contributed by atoms with van der Waals surface area (Å²) in [6, 6.07) is 9.19. The van der Waals surface area contributed by atoms with Gasteiger partial charge in [0.2, 0.25) is 0 Å². The van der Waals surface area contributed by atoms with Gasteiger partial charge in [0.15, 0.2) is 0 Å². The predicted octanol–water partition coefficient (Wildman–Crippen LogP) is 4.60. The summed E-state index contributed by atoms with van der Waals surface area (Å²) in [5.74, 6) is -1.56. The van der Waals surface area contributed by atoms with Gasteiger partial charge in [-0.2, -0.15) is 0 Å². The van der Waals surface area contributed by atoms with Gasteiger partial charge in [-0.15, -0.1) is 13.2 Å². The summed E-state index contributed by atoms with van der Waals surface area (Å²) in [6.07, 6.45) is -4.77. The van der Waals surface area contributed by atoms with E-state index in [9.17, 15) is 18.0 Å². The Morgan fingerprint density at radius 1 is 1.10 bits per heavy atom. The van der Waals surface area contributed by atoms with Gasteiger partial charge in [-0.25, -0.2) is 4.79 Å². The summed E-state index contributed by atoms with van der Waals surface area (Å²) in [5.41, 5.74) is 0.760. The number of hydrogen-bond acceptors (Lipinski definition) is 2. The molecular formula is C14H8ClF3O3. The van der Waals surface area contributed by atoms with Crippen LogP contribution >= 0.6 is 11.6 Å². The second kappa shape index (κ2) is 5.65. The smallest absolute Gasteiger partial charge is 0.478 e. The highest BCUT2D eigenvalue weighted by Gasteiger charge is 2.31. The van der Waals surface area contributed by atoms with E-state index in [2.05, 4.69) is 4.74 Å². The normalized spacial score (nSPS) is 11.2. The van der Waals surface area contributed by atoms with Gasteiger partial charge in [-0.3, -0.25) is 0 Å². The number of hydrogen-bond donors (Lipinski definition) is 1. The Labute approximate surface area is 122 Å². The van der Waals surface area contributed by atoms with Crippen molar-refractivity contribution in [3.63, 3.8) is 0 Å². The molecule has 1 N–H and O–H groups in total. The van der Waals surface area contributed by atoms with E-state index in [0.717, 1.165) is 12.1 Å². The number of carboxylic acids is 1. The minimum absolute atomic E-state index is 0.0352. The van der Waals surface area contributed by atoms with Crippen LogP contribution in [0.25, 0.3) is 11.1 Å². The molecule has 0 unspecified atom stereocenters. The van der Waals surface area contributed by atoms with Gasteiger partial charge >= 0.3 is 12.3 Å². The number of ether oxygens (including phenoxy) is 1. The van der Waals surface area contributed by atoms with Crippen molar-refractivity contribution in [3.05, 3.63) is 53.1 Å². The molecule has 2 rings (SSSR count). The highest BCUT2D eigenvalue weighted by molar-refractivity contribution is 6.31. The van der Waals surface area contributed by atoms with Gasteiger partial charge in [0.1, 0.15) is 5.75 Å². The van der Waals surface area contributed by atoms with Crippen LogP contribution in [0.3, 0.4) is 0 Å². The molecule has 0 radical (unpaired) electrons. The Kier molecular flexibility index (Phi) is 4.09. The van der Waals surface area contributed by atoms with E-state index in [1.165, 1.54) is 30.3 Å². The van der Waals surface area contributed by atoms with E-state index in [1.807, 2.05) is 0 Å². The van der Waals surface area contributed by atoms with Crippen LogP contribution in [0.5, 0.6) is 5.75 Å². The molecule has 0 aliphatic carbocycles. The summed E-state index contributed by atoms with van der Waals surface area (Å²) in [5, 5.41) is 9.38. The van der Waals surface area contributed by atoms with Crippen LogP contribution in [-0.2, 0) is 0 Å². The number of alkyl halides is 3. The zero-order chi connectivity index (χ0) is 15.6. The van der Waals surface area contributed by atoms with Gasteiger partial charge in [-0.05, 0) is 35.4 Å². The molecule has 0 saturated carbocycles. The molecular weight excluding hydrogens is 309 g/mol. The second-order valence-corrected chi connectivity index (χ2v) is 4.50. The number of rotatable bonds is 3. The Balaban J connectivity index is 2.37. The Morgan fingerprint density at radius 2 is 1.71 bits per heavy atom. The molecule has 0 bridgehead atoms. The molecule has 0 atom stereocenters. The lowest BCUT2D eigenvalue weighted by Crippen LogP contribution is -2.16. The van der Waals surface area contributed by atoms with Crippen molar-refractivity contribution in [2.24, 2.45) is 0 Å². The Hall–Kier alpha value is -2.21. The van der Waals surface area contributed by atoms with Crippen molar-refractivity contribution < 1.29 is 27.8 Å². The van der Waals surface area contributed by atoms with Crippen LogP contribution < -0.4 is 4.74 Å². The van der Waals surface area contributed by atoms with Crippen molar-refractivity contribution in [1.82, 2.24) is 0 Å². The van der Waals surface area contributed by atoms with E-state index in [-0.39, 0.29) is 16.3 Å². The molecule has 2 aromatic carbocycles. The predicted molar refractivity (Wildman–Crippen MR) is 70.5 cm³/mol. The largest absolute Gasteiger partial charge is 0.573 e. The van der Waals surface area contributed by atoms with Gasteiger partial charge in [0, 0.05) is 5.02 Å². The number of carboxylic acid groups (broad SMARTS) is 1. The van der Waals surface area contributed by atoms with E-state index in [4.69, 9.17) is 16.7 Å². The summed E-state index contributed by atoms with van der Waals surface area (Å²) in [7, 11) is 0. The van der Waals surface area contributed by atoms with Crippen LogP contribution in [-0.4, -0.2) is 17.4 Å². The number of benzene rings is 2. The lowest BCUT2D eigenvalue weighted by atomic mass is 10.00. The topological polar surface area (TPSA) is 46.5 Å². The molecule has 110 valence electrons. The maximum atomic E-state index is 12.1. The SMILES string of the molecule is O=C(O)c1cc(Cl)ccc1-c1ccc(OC(F)(F)F)cc1. The average Bonchev–Trinajstić information content (AvgIpc) is 2.38. The maximum absolute atomic E-state index is 12.1. The lowest BCUT2D eigenvalue weighted by Gasteiger charge is -2.10. The first-order chi connectivity index (χ1) is 9.76. The lowest BCUT2D eigenvalue weighted by molar-refractivity contribution is -0.274. The summed E-state index contributed by atoms with van der Waals surface area (Å²) in [6.45, 7) is 0. The monoisotopic (exact) mass is 316 g/mol. The van der Waals surface area contributed by atoms with Crippen molar-refractivity contribution in [2.75, 3.05) is 0 Å². The fourth-order valence-electron chi connectivity index (χ4n) is 1.78. The van der Waals surface area contributed by atoms with Crippen molar-refractivity contribution in [1.29, 1.82) is 0 Å². The molecule has 21 heavy (non-hydrogen) atoms. The van der Waals surface area contributed by atoms with Gasteiger partial charge in [0.25, 0.3) is 0 Å². The molecule has 3 nitrogen and oxygen atoms in total. The highest BCUT2D eigenvalue weighted by atomic mass is 35.5. The van der Waals surface area contributed by atoms with Crippen LogP contribution in [0, 0.1) is 0 Å². The van der Waals surface area contributed by atoms with Gasteiger partial charge in [0.05, 0.1) is 5.56 Å². The number of aromatic carboxylic acids is 1. The van der Waals surface area contributed by atoms with Crippen molar-refractivity contribution in [2.45, 2.75) is 6.36 Å². The first-order valence-corrected chi connectivity index (χ1v) is 6.03. The number of halogens is 4. The standard InChI is InChI=1S/C14H8ClF3O3/c15-9-3-6-11(12(7-9)13(19)20)8-1-4-10(5-2-8)21-14(16,17)18/h1-7H,(H,19,20). The molecule has 0 heterocycles. The van der Waals surface area contributed by atoms with E-state index < -0.39 is 12.3 Å². The maximum Gasteiger partial charge on any atom is 0.573 e. The molecule has 0 spiro atoms. The molecule has 0 saturated heterocycles. The molecule has 0 aliphatic heterocycles. The van der Waals surface area contributed by atoms with Crippen molar-refractivity contribution in [3.8, 4) is 16.9 Å². The van der Waals surface area contributed by atoms with E-state index >= 15 is 0 Å². The second-order valence-electron chi connectivity index (χ2n) is 4.07. The summed E-state index contributed by atoms with van der Waals surface area (Å²) in [4.78, 5) is 11.2. The van der Waals surface area contributed by atoms with Gasteiger partial charge in [-0.1, -0.05) is 29.8 Å².